The van der Waals surface area contributed by atoms with Crippen molar-refractivity contribution < 1.29 is 4.79 Å². The fourth-order valence-corrected chi connectivity index (χ4v) is 2.28. The SMILES string of the molecule is CSc1c(Cl)cccc1NC(=O)NC[C@H](C)C#N. The van der Waals surface area contributed by atoms with Crippen molar-refractivity contribution in [3.8, 4) is 6.07 Å². The second kappa shape index (κ2) is 7.14. The molecule has 0 radical (unpaired) electrons. The Bertz CT molecular complexity index is 473. The highest BCUT2D eigenvalue weighted by molar-refractivity contribution is 7.98. The van der Waals surface area contributed by atoms with Gasteiger partial charge in [0.1, 0.15) is 0 Å². The molecule has 0 aliphatic rings. The molecule has 0 aliphatic carbocycles. The highest BCUT2D eigenvalue weighted by Crippen LogP contribution is 2.32. The summed E-state index contributed by atoms with van der Waals surface area (Å²) in [5.41, 5.74) is 0.664. The van der Waals surface area contributed by atoms with Crippen LogP contribution in [0.3, 0.4) is 0 Å². The molecule has 0 unspecified atom stereocenters. The molecule has 1 rings (SSSR count). The standard InChI is InChI=1S/C12H14ClN3OS/c1-8(6-14)7-15-12(17)16-10-5-3-4-9(13)11(10)18-2/h3-5,8H,7H2,1-2H3,(H2,15,16,17)/t8-/m1/s1. The summed E-state index contributed by atoms with van der Waals surface area (Å²) in [6, 6.07) is 7.04. The quantitative estimate of drug-likeness (QED) is 0.833. The molecule has 2 amide bonds. The van der Waals surface area contributed by atoms with Gasteiger partial charge in [-0.25, -0.2) is 4.79 Å². The van der Waals surface area contributed by atoms with Gasteiger partial charge in [0, 0.05) is 11.4 Å². The van der Waals surface area contributed by atoms with Crippen LogP contribution < -0.4 is 10.6 Å². The summed E-state index contributed by atoms with van der Waals surface area (Å²) in [6.45, 7) is 2.06. The van der Waals surface area contributed by atoms with Crippen LogP contribution in [0.15, 0.2) is 23.1 Å². The zero-order valence-electron chi connectivity index (χ0n) is 10.2. The number of rotatable bonds is 4. The van der Waals surface area contributed by atoms with E-state index in [4.69, 9.17) is 16.9 Å². The van der Waals surface area contributed by atoms with Crippen molar-refractivity contribution in [1.29, 1.82) is 5.26 Å². The number of hydrogen-bond acceptors (Lipinski definition) is 3. The molecule has 96 valence electrons. The number of halogens is 1. The largest absolute Gasteiger partial charge is 0.337 e. The predicted molar refractivity (Wildman–Crippen MR) is 75.0 cm³/mol. The number of nitrogens with zero attached hydrogens (tertiary/aromatic N) is 1. The van der Waals surface area contributed by atoms with E-state index >= 15 is 0 Å². The molecule has 0 fully saturated rings. The number of hydrogen-bond donors (Lipinski definition) is 2. The van der Waals surface area contributed by atoms with E-state index < -0.39 is 0 Å². The van der Waals surface area contributed by atoms with E-state index in [-0.39, 0.29) is 11.9 Å². The number of benzene rings is 1. The monoisotopic (exact) mass is 283 g/mol. The molecule has 1 atom stereocenters. The smallest absolute Gasteiger partial charge is 0.319 e. The molecule has 1 aromatic carbocycles. The van der Waals surface area contributed by atoms with E-state index in [0.717, 1.165) is 4.90 Å². The number of carbonyl (C=O) groups excluding carboxylic acids is 1. The van der Waals surface area contributed by atoms with E-state index in [2.05, 4.69) is 10.6 Å². The number of nitrogens with one attached hydrogen (secondary N) is 2. The molecule has 2 N–H and O–H groups in total. The first kappa shape index (κ1) is 14.7. The van der Waals surface area contributed by atoms with E-state index in [1.807, 2.05) is 12.3 Å². The van der Waals surface area contributed by atoms with E-state index in [0.29, 0.717) is 17.3 Å². The van der Waals surface area contributed by atoms with Crippen LogP contribution in [0.25, 0.3) is 0 Å². The van der Waals surface area contributed by atoms with Crippen LogP contribution in [0.2, 0.25) is 5.02 Å². The van der Waals surface area contributed by atoms with Crippen molar-refractivity contribution in [2.45, 2.75) is 11.8 Å². The topological polar surface area (TPSA) is 64.9 Å². The zero-order chi connectivity index (χ0) is 13.5. The fraction of sp³-hybridized carbons (Fsp3) is 0.333. The average molecular weight is 284 g/mol. The second-order valence-corrected chi connectivity index (χ2v) is 4.91. The normalized spacial score (nSPS) is 11.4. The van der Waals surface area contributed by atoms with Gasteiger partial charge >= 0.3 is 6.03 Å². The third-order valence-corrected chi connectivity index (χ3v) is 3.48. The number of thioether (sulfide) groups is 1. The van der Waals surface area contributed by atoms with Crippen molar-refractivity contribution in [3.05, 3.63) is 23.2 Å². The average Bonchev–Trinajstić information content (AvgIpc) is 2.36. The van der Waals surface area contributed by atoms with E-state index in [1.165, 1.54) is 11.8 Å². The van der Waals surface area contributed by atoms with Crippen LogP contribution in [-0.4, -0.2) is 18.8 Å². The molecule has 0 saturated carbocycles. The maximum absolute atomic E-state index is 11.6. The number of urea groups is 1. The summed E-state index contributed by atoms with van der Waals surface area (Å²) in [4.78, 5) is 12.5. The third-order valence-electron chi connectivity index (χ3n) is 2.21. The fourth-order valence-electron chi connectivity index (χ4n) is 1.27. The van der Waals surface area contributed by atoms with Gasteiger partial charge in [-0.1, -0.05) is 17.7 Å². The summed E-state index contributed by atoms with van der Waals surface area (Å²) in [7, 11) is 0. The highest BCUT2D eigenvalue weighted by atomic mass is 35.5. The van der Waals surface area contributed by atoms with Crippen LogP contribution in [0.4, 0.5) is 10.5 Å². The molecule has 0 aromatic heterocycles. The number of amides is 2. The maximum atomic E-state index is 11.6. The Kier molecular flexibility index (Phi) is 5.83. The van der Waals surface area contributed by atoms with Crippen molar-refractivity contribution in [1.82, 2.24) is 5.32 Å². The summed E-state index contributed by atoms with van der Waals surface area (Å²) in [5, 5.41) is 14.6. The lowest BCUT2D eigenvalue weighted by atomic mass is 10.2. The minimum atomic E-state index is -0.338. The number of nitriles is 1. The van der Waals surface area contributed by atoms with Gasteiger partial charge in [-0.3, -0.25) is 0 Å². The summed E-state index contributed by atoms with van der Waals surface area (Å²) < 4.78 is 0. The lowest BCUT2D eigenvalue weighted by Gasteiger charge is -2.12. The van der Waals surface area contributed by atoms with Crippen LogP contribution in [0.5, 0.6) is 0 Å². The van der Waals surface area contributed by atoms with Crippen molar-refractivity contribution in [2.75, 3.05) is 18.1 Å². The second-order valence-electron chi connectivity index (χ2n) is 3.69. The van der Waals surface area contributed by atoms with E-state index in [1.54, 1.807) is 25.1 Å². The van der Waals surface area contributed by atoms with Crippen molar-refractivity contribution in [2.24, 2.45) is 5.92 Å². The minimum absolute atomic E-state index is 0.213. The Morgan fingerprint density at radius 2 is 2.33 bits per heavy atom. The zero-order valence-corrected chi connectivity index (χ0v) is 11.7. The Balaban J connectivity index is 2.65. The minimum Gasteiger partial charge on any atom is -0.337 e. The lowest BCUT2D eigenvalue weighted by Crippen LogP contribution is -2.32. The third kappa shape index (κ3) is 4.13. The molecule has 6 heteroatoms. The predicted octanol–water partition coefficient (Wildman–Crippen LogP) is 3.34. The van der Waals surface area contributed by atoms with Crippen molar-refractivity contribution >= 4 is 35.1 Å². The Hall–Kier alpha value is -1.38. The van der Waals surface area contributed by atoms with Gasteiger partial charge in [0.05, 0.1) is 22.7 Å². The van der Waals surface area contributed by atoms with Crippen LogP contribution in [-0.2, 0) is 0 Å². The van der Waals surface area contributed by atoms with Gasteiger partial charge in [0.2, 0.25) is 0 Å². The van der Waals surface area contributed by atoms with Crippen LogP contribution in [0.1, 0.15) is 6.92 Å². The molecule has 1 aromatic rings. The maximum Gasteiger partial charge on any atom is 0.319 e. The lowest BCUT2D eigenvalue weighted by molar-refractivity contribution is 0.251. The summed E-state index contributed by atoms with van der Waals surface area (Å²) in [5.74, 6) is -0.213. The molecular formula is C12H14ClN3OS. The van der Waals surface area contributed by atoms with Crippen LogP contribution in [0, 0.1) is 17.2 Å². The van der Waals surface area contributed by atoms with Crippen LogP contribution >= 0.6 is 23.4 Å². The van der Waals surface area contributed by atoms with Gasteiger partial charge in [0.25, 0.3) is 0 Å². The first-order chi connectivity index (χ1) is 8.58. The molecule has 0 aliphatic heterocycles. The van der Waals surface area contributed by atoms with E-state index in [9.17, 15) is 4.79 Å². The Labute approximate surface area is 116 Å². The molecule has 0 bridgehead atoms. The van der Waals surface area contributed by atoms with Crippen molar-refractivity contribution in [3.63, 3.8) is 0 Å². The molecule has 18 heavy (non-hydrogen) atoms. The Morgan fingerprint density at radius 3 is 2.94 bits per heavy atom. The first-order valence-corrected chi connectivity index (χ1v) is 6.95. The van der Waals surface area contributed by atoms with Gasteiger partial charge in [-0.05, 0) is 25.3 Å². The summed E-state index contributed by atoms with van der Waals surface area (Å²) >= 11 is 7.49. The number of anilines is 1. The Morgan fingerprint density at radius 1 is 1.61 bits per heavy atom. The molecule has 0 saturated heterocycles. The molecule has 0 heterocycles. The molecular weight excluding hydrogens is 270 g/mol. The number of carbonyl (C=O) groups is 1. The van der Waals surface area contributed by atoms with Gasteiger partial charge in [-0.2, -0.15) is 5.26 Å². The first-order valence-electron chi connectivity index (χ1n) is 5.35. The highest BCUT2D eigenvalue weighted by Gasteiger charge is 2.09. The van der Waals surface area contributed by atoms with Gasteiger partial charge in [-0.15, -0.1) is 11.8 Å². The van der Waals surface area contributed by atoms with Gasteiger partial charge in [0.15, 0.2) is 0 Å². The molecule has 0 spiro atoms. The summed E-state index contributed by atoms with van der Waals surface area (Å²) in [6.07, 6.45) is 1.89. The molecule has 4 nitrogen and oxygen atoms in total. The van der Waals surface area contributed by atoms with Gasteiger partial charge < -0.3 is 10.6 Å².